The van der Waals surface area contributed by atoms with Crippen molar-refractivity contribution in [2.75, 3.05) is 4.90 Å². The summed E-state index contributed by atoms with van der Waals surface area (Å²) in [5.74, 6) is 0. The zero-order valence-corrected chi connectivity index (χ0v) is 26.5. The van der Waals surface area contributed by atoms with Gasteiger partial charge >= 0.3 is 0 Å². The van der Waals surface area contributed by atoms with Crippen LogP contribution in [0, 0.1) is 0 Å². The number of furan rings is 2. The average molecular weight is 628 g/mol. The molecule has 0 saturated heterocycles. The highest BCUT2D eigenvalue weighted by Crippen LogP contribution is 2.45. The Morgan fingerprint density at radius 1 is 0.347 bits per heavy atom. The lowest BCUT2D eigenvalue weighted by atomic mass is 9.94. The molecule has 0 atom stereocenters. The highest BCUT2D eigenvalue weighted by Gasteiger charge is 2.20. The molecule has 0 fully saturated rings. The second kappa shape index (κ2) is 11.0. The molecule has 8 aromatic carbocycles. The fourth-order valence-electron chi connectivity index (χ4n) is 7.44. The zero-order valence-electron chi connectivity index (χ0n) is 26.5. The van der Waals surface area contributed by atoms with Crippen LogP contribution in [0.25, 0.3) is 76.9 Å². The van der Waals surface area contributed by atoms with E-state index in [9.17, 15) is 0 Å². The number of hydrogen-bond acceptors (Lipinski definition) is 3. The van der Waals surface area contributed by atoms with Gasteiger partial charge in [-0.3, -0.25) is 0 Å². The van der Waals surface area contributed by atoms with Gasteiger partial charge in [-0.25, -0.2) is 0 Å². The van der Waals surface area contributed by atoms with E-state index in [1.54, 1.807) is 0 Å². The average Bonchev–Trinajstić information content (AvgIpc) is 3.75. The maximum absolute atomic E-state index is 6.74. The molecule has 0 saturated carbocycles. The molecule has 49 heavy (non-hydrogen) atoms. The van der Waals surface area contributed by atoms with Gasteiger partial charge in [0.25, 0.3) is 0 Å². The molecular weight excluding hydrogens is 599 g/mol. The summed E-state index contributed by atoms with van der Waals surface area (Å²) in [5, 5.41) is 6.72. The Labute approximate surface area is 282 Å². The first-order valence-electron chi connectivity index (χ1n) is 16.6. The van der Waals surface area contributed by atoms with E-state index in [1.165, 1.54) is 5.56 Å². The third-order valence-electron chi connectivity index (χ3n) is 9.66. The van der Waals surface area contributed by atoms with Crippen molar-refractivity contribution in [1.29, 1.82) is 0 Å². The van der Waals surface area contributed by atoms with Crippen molar-refractivity contribution < 1.29 is 8.83 Å². The number of rotatable bonds is 5. The molecule has 0 aliphatic heterocycles. The van der Waals surface area contributed by atoms with Crippen LogP contribution in [0.5, 0.6) is 0 Å². The lowest BCUT2D eigenvalue weighted by molar-refractivity contribution is 0.669. The summed E-state index contributed by atoms with van der Waals surface area (Å²) in [6.45, 7) is 0. The Morgan fingerprint density at radius 2 is 0.939 bits per heavy atom. The van der Waals surface area contributed by atoms with E-state index >= 15 is 0 Å². The number of benzene rings is 8. The molecule has 0 aliphatic rings. The second-order valence-electron chi connectivity index (χ2n) is 12.5. The highest BCUT2D eigenvalue weighted by atomic mass is 16.3. The van der Waals surface area contributed by atoms with Crippen LogP contribution >= 0.6 is 0 Å². The first-order valence-corrected chi connectivity index (χ1v) is 16.6. The van der Waals surface area contributed by atoms with Gasteiger partial charge in [0.15, 0.2) is 0 Å². The Balaban J connectivity index is 1.15. The molecule has 0 unspecified atom stereocenters. The summed E-state index contributed by atoms with van der Waals surface area (Å²) in [7, 11) is 0. The first-order chi connectivity index (χ1) is 24.3. The quantitative estimate of drug-likeness (QED) is 0.190. The number of nitrogens with zero attached hydrogens (tertiary/aromatic N) is 1. The molecule has 0 N–H and O–H groups in total. The molecule has 0 spiro atoms. The maximum atomic E-state index is 6.74. The van der Waals surface area contributed by atoms with E-state index in [-0.39, 0.29) is 0 Å². The second-order valence-corrected chi connectivity index (χ2v) is 12.5. The molecule has 3 heteroatoms. The molecule has 230 valence electrons. The summed E-state index contributed by atoms with van der Waals surface area (Å²) in [6.07, 6.45) is 0. The minimum absolute atomic E-state index is 0.874. The van der Waals surface area contributed by atoms with Gasteiger partial charge in [-0.2, -0.15) is 0 Å². The SMILES string of the molecule is c1ccc(-c2cccc3c2oc2c4ccccc4c(-c4ccc(N(c5ccccc5)c5cccc6oc7ccccc7c56)cc4)cc32)cc1. The Kier molecular flexibility index (Phi) is 6.18. The van der Waals surface area contributed by atoms with Crippen LogP contribution < -0.4 is 4.90 Å². The summed E-state index contributed by atoms with van der Waals surface area (Å²) < 4.78 is 13.0. The molecule has 10 rings (SSSR count). The summed E-state index contributed by atoms with van der Waals surface area (Å²) >= 11 is 0. The van der Waals surface area contributed by atoms with Crippen molar-refractivity contribution in [1.82, 2.24) is 0 Å². The van der Waals surface area contributed by atoms with Crippen LogP contribution in [0.1, 0.15) is 0 Å². The minimum Gasteiger partial charge on any atom is -0.456 e. The third-order valence-corrected chi connectivity index (χ3v) is 9.66. The van der Waals surface area contributed by atoms with E-state index in [4.69, 9.17) is 8.83 Å². The molecule has 10 aromatic rings. The smallest absolute Gasteiger partial charge is 0.143 e. The normalized spacial score (nSPS) is 11.7. The van der Waals surface area contributed by atoms with Gasteiger partial charge in [0.1, 0.15) is 22.3 Å². The Morgan fingerprint density at radius 3 is 1.76 bits per heavy atom. The lowest BCUT2D eigenvalue weighted by Crippen LogP contribution is -2.10. The topological polar surface area (TPSA) is 29.5 Å². The van der Waals surface area contributed by atoms with Crippen molar-refractivity contribution in [2.45, 2.75) is 0 Å². The van der Waals surface area contributed by atoms with Crippen LogP contribution in [0.4, 0.5) is 17.1 Å². The number of para-hydroxylation sites is 3. The molecule has 0 aliphatic carbocycles. The molecular formula is C46H29NO2. The van der Waals surface area contributed by atoms with E-state index in [1.807, 2.05) is 18.2 Å². The van der Waals surface area contributed by atoms with Gasteiger partial charge < -0.3 is 13.7 Å². The van der Waals surface area contributed by atoms with Crippen molar-refractivity contribution in [3.05, 3.63) is 176 Å². The minimum atomic E-state index is 0.874. The lowest BCUT2D eigenvalue weighted by Gasteiger charge is -2.26. The van der Waals surface area contributed by atoms with Crippen molar-refractivity contribution in [3.8, 4) is 22.3 Å². The largest absolute Gasteiger partial charge is 0.456 e. The van der Waals surface area contributed by atoms with Gasteiger partial charge in [-0.1, -0.05) is 127 Å². The summed E-state index contributed by atoms with van der Waals surface area (Å²) in [4.78, 5) is 2.32. The first kappa shape index (κ1) is 27.5. The van der Waals surface area contributed by atoms with Gasteiger partial charge in [-0.05, 0) is 70.6 Å². The van der Waals surface area contributed by atoms with Crippen molar-refractivity contribution >= 4 is 71.7 Å². The van der Waals surface area contributed by atoms with Gasteiger partial charge in [0.2, 0.25) is 0 Å². The summed E-state index contributed by atoms with van der Waals surface area (Å²) in [6, 6.07) is 61.9. The number of fused-ring (bicyclic) bond motifs is 8. The van der Waals surface area contributed by atoms with Gasteiger partial charge in [-0.15, -0.1) is 0 Å². The molecule has 3 nitrogen and oxygen atoms in total. The molecule has 0 bridgehead atoms. The maximum Gasteiger partial charge on any atom is 0.143 e. The van der Waals surface area contributed by atoms with Gasteiger partial charge in [0.05, 0.1) is 11.1 Å². The molecule has 0 radical (unpaired) electrons. The molecule has 2 heterocycles. The Hall–Kier alpha value is -6.58. The Bertz CT molecular complexity index is 2810. The van der Waals surface area contributed by atoms with Crippen LogP contribution in [0.3, 0.4) is 0 Å². The number of anilines is 3. The molecule has 0 amide bonds. The summed E-state index contributed by atoms with van der Waals surface area (Å²) in [5.41, 5.74) is 11.4. The van der Waals surface area contributed by atoms with Crippen LogP contribution in [0.2, 0.25) is 0 Å². The van der Waals surface area contributed by atoms with E-state index in [2.05, 4.69) is 163 Å². The van der Waals surface area contributed by atoms with Crippen molar-refractivity contribution in [3.63, 3.8) is 0 Å². The fourth-order valence-corrected chi connectivity index (χ4v) is 7.44. The third kappa shape index (κ3) is 4.37. The van der Waals surface area contributed by atoms with Crippen LogP contribution in [-0.4, -0.2) is 0 Å². The predicted molar refractivity (Wildman–Crippen MR) is 204 cm³/mol. The van der Waals surface area contributed by atoms with E-state index < -0.39 is 0 Å². The van der Waals surface area contributed by atoms with Crippen LogP contribution in [0.15, 0.2) is 185 Å². The van der Waals surface area contributed by atoms with E-state index in [0.29, 0.717) is 0 Å². The van der Waals surface area contributed by atoms with Crippen molar-refractivity contribution in [2.24, 2.45) is 0 Å². The highest BCUT2D eigenvalue weighted by molar-refractivity contribution is 6.21. The zero-order chi connectivity index (χ0) is 32.3. The fraction of sp³-hybridized carbons (Fsp3) is 0. The predicted octanol–water partition coefficient (Wildman–Crippen LogP) is 13.4. The molecule has 2 aromatic heterocycles. The monoisotopic (exact) mass is 627 g/mol. The van der Waals surface area contributed by atoms with E-state index in [0.717, 1.165) is 88.4 Å². The number of hydrogen-bond donors (Lipinski definition) is 0. The van der Waals surface area contributed by atoms with Gasteiger partial charge in [0, 0.05) is 38.5 Å². The standard InChI is InChI=1S/C46H29NO2/c1-3-13-30(14-4-1)34-20-11-21-37-40-29-39(35-17-7-8-18-36(35)46(40)49-45(34)37)31-25-27-33(28-26-31)47(32-15-5-2-6-16-32)41-22-12-24-43-44(41)38-19-9-10-23-42(38)48-43/h1-29H. The van der Waals surface area contributed by atoms with Crippen LogP contribution in [-0.2, 0) is 0 Å².